The molecule has 7 heteroatoms. The molecule has 1 aromatic heterocycles. The van der Waals surface area contributed by atoms with Crippen LogP contribution in [0.2, 0.25) is 0 Å². The Balaban J connectivity index is 1.38. The van der Waals surface area contributed by atoms with Gasteiger partial charge in [-0.05, 0) is 80.1 Å². The van der Waals surface area contributed by atoms with Crippen LogP contribution < -0.4 is 14.8 Å². The van der Waals surface area contributed by atoms with Crippen LogP contribution in [0.3, 0.4) is 0 Å². The number of amides is 1. The van der Waals surface area contributed by atoms with Crippen molar-refractivity contribution in [1.29, 1.82) is 0 Å². The Hall–Kier alpha value is -2.93. The first-order chi connectivity index (χ1) is 14.1. The van der Waals surface area contributed by atoms with Gasteiger partial charge in [0, 0.05) is 5.56 Å². The zero-order valence-corrected chi connectivity index (χ0v) is 17.3. The van der Waals surface area contributed by atoms with Gasteiger partial charge in [-0.25, -0.2) is 0 Å². The molecule has 0 radical (unpaired) electrons. The van der Waals surface area contributed by atoms with Gasteiger partial charge in [0.15, 0.2) is 6.10 Å². The van der Waals surface area contributed by atoms with Crippen molar-refractivity contribution in [3.8, 4) is 22.1 Å². The van der Waals surface area contributed by atoms with Gasteiger partial charge < -0.3 is 9.47 Å². The van der Waals surface area contributed by atoms with Gasteiger partial charge in [0.2, 0.25) is 5.13 Å². The van der Waals surface area contributed by atoms with Crippen LogP contribution in [0.4, 0.5) is 5.13 Å². The van der Waals surface area contributed by atoms with E-state index in [0.29, 0.717) is 5.13 Å². The quantitative estimate of drug-likeness (QED) is 0.649. The standard InChI is InChI=1S/C22H23N3O3S/c1-14(28-19-12-7-15-5-3-4-6-17(15)13-19)20(26)23-22-25-24-21(29-22)16-8-10-18(27-2)11-9-16/h7-14H,3-6H2,1-2H3,(H,23,25,26)/t14-/m1/s1. The summed E-state index contributed by atoms with van der Waals surface area (Å²) in [6.07, 6.45) is 4.02. The molecule has 0 bridgehead atoms. The summed E-state index contributed by atoms with van der Waals surface area (Å²) in [5, 5.41) is 12.2. The van der Waals surface area contributed by atoms with Crippen LogP contribution in [0.1, 0.15) is 30.9 Å². The maximum atomic E-state index is 12.5. The third-order valence-electron chi connectivity index (χ3n) is 4.99. The molecule has 1 N–H and O–H groups in total. The van der Waals surface area contributed by atoms with Crippen LogP contribution in [0.15, 0.2) is 42.5 Å². The number of rotatable bonds is 6. The number of nitrogens with one attached hydrogen (secondary N) is 1. The van der Waals surface area contributed by atoms with Crippen LogP contribution in [0, 0.1) is 0 Å². The summed E-state index contributed by atoms with van der Waals surface area (Å²) < 4.78 is 11.0. The van der Waals surface area contributed by atoms with Gasteiger partial charge in [0.05, 0.1) is 7.11 Å². The molecule has 6 nitrogen and oxygen atoms in total. The van der Waals surface area contributed by atoms with E-state index in [-0.39, 0.29) is 5.91 Å². The summed E-state index contributed by atoms with van der Waals surface area (Å²) in [5.74, 6) is 1.25. The van der Waals surface area contributed by atoms with Crippen LogP contribution in [0.5, 0.6) is 11.5 Å². The second-order valence-electron chi connectivity index (χ2n) is 7.03. The highest BCUT2D eigenvalue weighted by molar-refractivity contribution is 7.18. The number of benzene rings is 2. The summed E-state index contributed by atoms with van der Waals surface area (Å²) in [6.45, 7) is 1.74. The van der Waals surface area contributed by atoms with Crippen molar-refractivity contribution < 1.29 is 14.3 Å². The number of carbonyl (C=O) groups is 1. The van der Waals surface area contributed by atoms with Crippen molar-refractivity contribution in [3.05, 3.63) is 53.6 Å². The Morgan fingerprint density at radius 2 is 1.76 bits per heavy atom. The smallest absolute Gasteiger partial charge is 0.266 e. The van der Waals surface area contributed by atoms with E-state index in [1.165, 1.54) is 35.3 Å². The third kappa shape index (κ3) is 4.56. The average molecular weight is 410 g/mol. The topological polar surface area (TPSA) is 73.3 Å². The van der Waals surface area contributed by atoms with E-state index in [2.05, 4.69) is 27.6 Å². The van der Waals surface area contributed by atoms with Crippen LogP contribution >= 0.6 is 11.3 Å². The molecule has 150 valence electrons. The molecule has 1 aliphatic carbocycles. The van der Waals surface area contributed by atoms with Gasteiger partial charge in [0.25, 0.3) is 5.91 Å². The number of carbonyl (C=O) groups excluding carboxylic acids is 1. The van der Waals surface area contributed by atoms with Gasteiger partial charge in [-0.1, -0.05) is 17.4 Å². The van der Waals surface area contributed by atoms with E-state index in [0.717, 1.165) is 34.9 Å². The van der Waals surface area contributed by atoms with Gasteiger partial charge in [-0.3, -0.25) is 10.1 Å². The number of aromatic nitrogens is 2. The van der Waals surface area contributed by atoms with Gasteiger partial charge in [0.1, 0.15) is 16.5 Å². The minimum atomic E-state index is -0.634. The summed E-state index contributed by atoms with van der Waals surface area (Å²) in [5.41, 5.74) is 3.64. The van der Waals surface area contributed by atoms with Crippen molar-refractivity contribution in [2.75, 3.05) is 12.4 Å². The second-order valence-corrected chi connectivity index (χ2v) is 8.01. The van der Waals surface area contributed by atoms with Crippen LogP contribution in [0.25, 0.3) is 10.6 Å². The third-order valence-corrected chi connectivity index (χ3v) is 5.88. The number of hydrogen-bond donors (Lipinski definition) is 1. The predicted molar refractivity (Wildman–Crippen MR) is 114 cm³/mol. The molecule has 0 saturated carbocycles. The van der Waals surface area contributed by atoms with Crippen LogP contribution in [-0.4, -0.2) is 29.3 Å². The fraction of sp³-hybridized carbons (Fsp3) is 0.318. The first-order valence-electron chi connectivity index (χ1n) is 9.69. The molecule has 0 saturated heterocycles. The summed E-state index contributed by atoms with van der Waals surface area (Å²) >= 11 is 1.32. The van der Waals surface area contributed by atoms with Crippen molar-refractivity contribution in [2.24, 2.45) is 0 Å². The molecular weight excluding hydrogens is 386 g/mol. The van der Waals surface area contributed by atoms with E-state index >= 15 is 0 Å². The van der Waals surface area contributed by atoms with Crippen molar-refractivity contribution in [2.45, 2.75) is 38.7 Å². The Morgan fingerprint density at radius 1 is 1.03 bits per heavy atom. The number of aryl methyl sites for hydroxylation is 2. The zero-order valence-electron chi connectivity index (χ0n) is 16.5. The highest BCUT2D eigenvalue weighted by atomic mass is 32.1. The molecule has 0 aliphatic heterocycles. The SMILES string of the molecule is COc1ccc(-c2nnc(NC(=O)[C@@H](C)Oc3ccc4c(c3)CCCC4)s2)cc1. The Kier molecular flexibility index (Phi) is 5.76. The fourth-order valence-corrected chi connectivity index (χ4v) is 4.12. The number of nitrogens with zero attached hydrogens (tertiary/aromatic N) is 2. The Bertz CT molecular complexity index is 1000. The minimum absolute atomic E-state index is 0.250. The number of anilines is 1. The molecule has 3 aromatic rings. The Labute approximate surface area is 173 Å². The largest absolute Gasteiger partial charge is 0.497 e. The van der Waals surface area contributed by atoms with Gasteiger partial charge in [-0.2, -0.15) is 0 Å². The maximum Gasteiger partial charge on any atom is 0.266 e. The maximum absolute atomic E-state index is 12.5. The molecular formula is C22H23N3O3S. The zero-order chi connectivity index (χ0) is 20.2. The highest BCUT2D eigenvalue weighted by Gasteiger charge is 2.18. The molecule has 0 fully saturated rings. The van der Waals surface area contributed by atoms with Gasteiger partial charge >= 0.3 is 0 Å². The van der Waals surface area contributed by atoms with Gasteiger partial charge in [-0.15, -0.1) is 10.2 Å². The normalized spacial score (nSPS) is 14.0. The number of hydrogen-bond acceptors (Lipinski definition) is 6. The number of ether oxygens (including phenoxy) is 2. The van der Waals surface area contributed by atoms with Crippen molar-refractivity contribution in [1.82, 2.24) is 10.2 Å². The first kappa shape index (κ1) is 19.4. The number of methoxy groups -OCH3 is 1. The second kappa shape index (κ2) is 8.61. The summed E-state index contributed by atoms with van der Waals surface area (Å²) in [6, 6.07) is 13.7. The lowest BCUT2D eigenvalue weighted by Gasteiger charge is -2.18. The monoisotopic (exact) mass is 409 g/mol. The number of fused-ring (bicyclic) bond motifs is 1. The summed E-state index contributed by atoms with van der Waals surface area (Å²) in [7, 11) is 1.63. The molecule has 2 aromatic carbocycles. The van der Waals surface area contributed by atoms with E-state index in [4.69, 9.17) is 9.47 Å². The summed E-state index contributed by atoms with van der Waals surface area (Å²) in [4.78, 5) is 12.5. The predicted octanol–water partition coefficient (Wildman–Crippen LogP) is 4.50. The van der Waals surface area contributed by atoms with E-state index in [9.17, 15) is 4.79 Å². The molecule has 1 heterocycles. The molecule has 4 rings (SSSR count). The lowest BCUT2D eigenvalue weighted by Crippen LogP contribution is -2.30. The molecule has 1 amide bonds. The van der Waals surface area contributed by atoms with E-state index in [1.54, 1.807) is 14.0 Å². The minimum Gasteiger partial charge on any atom is -0.497 e. The first-order valence-corrected chi connectivity index (χ1v) is 10.5. The molecule has 1 aliphatic rings. The highest BCUT2D eigenvalue weighted by Crippen LogP contribution is 2.28. The Morgan fingerprint density at radius 3 is 2.52 bits per heavy atom. The van der Waals surface area contributed by atoms with Crippen LogP contribution in [-0.2, 0) is 17.6 Å². The molecule has 1 atom stereocenters. The fourth-order valence-electron chi connectivity index (χ4n) is 3.37. The van der Waals surface area contributed by atoms with Crippen molar-refractivity contribution in [3.63, 3.8) is 0 Å². The molecule has 29 heavy (non-hydrogen) atoms. The average Bonchev–Trinajstić information content (AvgIpc) is 3.22. The molecule has 0 unspecified atom stereocenters. The van der Waals surface area contributed by atoms with Crippen molar-refractivity contribution >= 4 is 22.4 Å². The van der Waals surface area contributed by atoms with E-state index in [1.807, 2.05) is 30.3 Å². The molecule has 0 spiro atoms. The van der Waals surface area contributed by atoms with E-state index < -0.39 is 6.10 Å². The lowest BCUT2D eigenvalue weighted by atomic mass is 9.92. The lowest BCUT2D eigenvalue weighted by molar-refractivity contribution is -0.122.